The van der Waals surface area contributed by atoms with E-state index in [9.17, 15) is 37.8 Å². The second kappa shape index (κ2) is 19.2. The molecule has 0 saturated carbocycles. The minimum absolute atomic E-state index is 0. The molecule has 0 heterocycles. The first-order valence-corrected chi connectivity index (χ1v) is 7.02. The Morgan fingerprint density at radius 1 is 0.706 bits per heavy atom. The summed E-state index contributed by atoms with van der Waals surface area (Å²) in [7, 11) is -11.9. The van der Waals surface area contributed by atoms with Gasteiger partial charge >= 0.3 is 33.0 Å². The average molecular weight is 500 g/mol. The van der Waals surface area contributed by atoms with Gasteiger partial charge in [0.15, 0.2) is 0 Å². The van der Waals surface area contributed by atoms with E-state index in [1.807, 2.05) is 0 Å². The van der Waals surface area contributed by atoms with E-state index in [1.54, 1.807) is 0 Å². The molecule has 0 bridgehead atoms. The van der Waals surface area contributed by atoms with Gasteiger partial charge in [-0.15, -0.1) is 0 Å². The number of rotatable bonds is 4. The van der Waals surface area contributed by atoms with Crippen LogP contribution in [-0.2, 0) is 47.9 Å². The van der Waals surface area contributed by atoms with E-state index in [-0.39, 0.29) is 21.1 Å². The number of hydrogen-bond acceptors (Lipinski definition) is 11. The third-order valence-corrected chi connectivity index (χ3v) is 2.40. The van der Waals surface area contributed by atoms with Crippen LogP contribution in [0.15, 0.2) is 0 Å². The van der Waals surface area contributed by atoms with E-state index < -0.39 is 33.0 Å². The molecule has 0 aromatic carbocycles. The molecule has 0 spiro atoms. The number of aliphatic hydroxyl groups excluding tert-OH is 1. The Balaban J connectivity index is -0.0000000823. The van der Waals surface area contributed by atoms with Crippen molar-refractivity contribution in [3.8, 4) is 0 Å². The summed E-state index contributed by atoms with van der Waals surface area (Å²) in [5.74, 6) is 0. The molecule has 1 N–H and O–H groups in total. The Kier molecular flexibility index (Phi) is 29.7. The second-order valence-electron chi connectivity index (χ2n) is 1.06. The van der Waals surface area contributed by atoms with E-state index in [0.29, 0.717) is 0 Å². The van der Waals surface area contributed by atoms with Crippen molar-refractivity contribution in [3.63, 3.8) is 0 Å². The zero-order valence-electron chi connectivity index (χ0n) is 7.73. The molecular formula is CH4O11P4W. The smallest absolute Gasteiger partial charge is 0.543 e. The molecule has 0 fully saturated rings. The SMILES string of the molecule is CO.O=[P+]([O-])O[P+](=O)[O-].O=[P+]([O-])O[P+](=O)[O-].[W]. The van der Waals surface area contributed by atoms with Crippen molar-refractivity contribution in [2.24, 2.45) is 0 Å². The maximum atomic E-state index is 9.24. The monoisotopic (exact) mass is 500 g/mol. The molecule has 0 radical (unpaired) electrons. The van der Waals surface area contributed by atoms with Gasteiger partial charge in [-0.1, -0.05) is 0 Å². The first kappa shape index (κ1) is 26.4. The Labute approximate surface area is 113 Å². The van der Waals surface area contributed by atoms with Crippen LogP contribution in [0.1, 0.15) is 0 Å². The van der Waals surface area contributed by atoms with Crippen LogP contribution in [0.3, 0.4) is 0 Å². The van der Waals surface area contributed by atoms with Crippen molar-refractivity contribution < 1.29 is 72.6 Å². The molecule has 0 aliphatic carbocycles. The molecule has 0 aliphatic rings. The van der Waals surface area contributed by atoms with Gasteiger partial charge in [-0.25, -0.2) is 0 Å². The molecule has 0 rings (SSSR count). The van der Waals surface area contributed by atoms with Gasteiger partial charge in [0.2, 0.25) is 0 Å². The van der Waals surface area contributed by atoms with Crippen molar-refractivity contribution in [2.45, 2.75) is 0 Å². The standard InChI is InChI=1S/CH4O.2O5P2.W/c1-2;2*1-6(2)5-7(3)4;/h2H,1H3;;;. The fourth-order valence-corrected chi connectivity index (χ4v) is 0.980. The molecule has 0 amide bonds. The maximum absolute atomic E-state index is 9.24. The van der Waals surface area contributed by atoms with Crippen LogP contribution >= 0.6 is 33.0 Å². The zero-order chi connectivity index (χ0) is 13.7. The zero-order valence-corrected chi connectivity index (χ0v) is 14.2. The van der Waals surface area contributed by atoms with Gasteiger partial charge in [-0.05, 0) is 18.3 Å². The molecule has 4 unspecified atom stereocenters. The van der Waals surface area contributed by atoms with Crippen LogP contribution < -0.4 is 19.6 Å². The predicted octanol–water partition coefficient (Wildman–Crippen LogP) is -2.32. The van der Waals surface area contributed by atoms with Crippen LogP contribution in [0.4, 0.5) is 0 Å². The number of hydrogen-bond donors (Lipinski definition) is 1. The normalized spacial score (nSPS) is 11.4. The van der Waals surface area contributed by atoms with Crippen LogP contribution in [-0.4, -0.2) is 12.2 Å². The molecule has 16 heteroatoms. The molecule has 0 aromatic rings. The Bertz CT molecular complexity index is 202. The summed E-state index contributed by atoms with van der Waals surface area (Å²) in [6, 6.07) is 0. The third-order valence-electron chi connectivity index (χ3n) is 0.267. The second-order valence-corrected chi connectivity index (χ2v) is 4.15. The van der Waals surface area contributed by atoms with Gasteiger partial charge in [0.05, 0.1) is 0 Å². The van der Waals surface area contributed by atoms with E-state index in [1.165, 1.54) is 0 Å². The van der Waals surface area contributed by atoms with Crippen molar-refractivity contribution in [1.29, 1.82) is 0 Å². The molecular weight excluding hydrogens is 496 g/mol. The molecule has 0 saturated heterocycles. The van der Waals surface area contributed by atoms with Crippen LogP contribution in [0, 0.1) is 0 Å². The summed E-state index contributed by atoms with van der Waals surface area (Å²) >= 11 is 0. The van der Waals surface area contributed by atoms with E-state index in [4.69, 9.17) is 5.11 Å². The minimum atomic E-state index is -3.24. The van der Waals surface area contributed by atoms with Crippen molar-refractivity contribution in [1.82, 2.24) is 0 Å². The predicted molar refractivity (Wildman–Crippen MR) is 40.7 cm³/mol. The van der Waals surface area contributed by atoms with E-state index in [0.717, 1.165) is 7.11 Å². The Morgan fingerprint density at radius 2 is 0.824 bits per heavy atom. The minimum Gasteiger partial charge on any atom is -0.563 e. The molecule has 4 atom stereocenters. The molecule has 17 heavy (non-hydrogen) atoms. The van der Waals surface area contributed by atoms with Crippen LogP contribution in [0.25, 0.3) is 0 Å². The fraction of sp³-hybridized carbons (Fsp3) is 1.00. The summed E-state index contributed by atoms with van der Waals surface area (Å²) in [5.41, 5.74) is 0. The van der Waals surface area contributed by atoms with Gasteiger partial charge in [-0.2, -0.15) is 0 Å². The first-order valence-electron chi connectivity index (χ1n) is 2.64. The maximum Gasteiger partial charge on any atom is 0.543 e. The molecule has 0 aromatic heterocycles. The van der Waals surface area contributed by atoms with Gasteiger partial charge in [0.25, 0.3) is 0 Å². The summed E-state index contributed by atoms with van der Waals surface area (Å²) in [6.07, 6.45) is 0. The van der Waals surface area contributed by atoms with Crippen LogP contribution in [0.2, 0.25) is 0 Å². The summed E-state index contributed by atoms with van der Waals surface area (Å²) in [4.78, 5) is 37.0. The number of aliphatic hydroxyl groups is 1. The summed E-state index contributed by atoms with van der Waals surface area (Å²) < 4.78 is 43.3. The van der Waals surface area contributed by atoms with E-state index in [2.05, 4.69) is 8.62 Å². The van der Waals surface area contributed by atoms with E-state index >= 15 is 0 Å². The van der Waals surface area contributed by atoms with Crippen molar-refractivity contribution >= 4 is 33.0 Å². The molecule has 11 nitrogen and oxygen atoms in total. The van der Waals surface area contributed by atoms with Gasteiger partial charge in [0, 0.05) is 28.2 Å². The van der Waals surface area contributed by atoms with Crippen molar-refractivity contribution in [2.75, 3.05) is 7.11 Å². The Morgan fingerprint density at radius 3 is 0.824 bits per heavy atom. The largest absolute Gasteiger partial charge is 0.563 e. The third kappa shape index (κ3) is 47.5. The average Bonchev–Trinajstić information content (AvgIpc) is 2.03. The first-order chi connectivity index (χ1) is 7.25. The van der Waals surface area contributed by atoms with Gasteiger partial charge in [-0.3, -0.25) is 0 Å². The van der Waals surface area contributed by atoms with Gasteiger partial charge < -0.3 is 24.7 Å². The summed E-state index contributed by atoms with van der Waals surface area (Å²) in [5, 5.41) is 7.00. The van der Waals surface area contributed by atoms with Crippen molar-refractivity contribution in [3.05, 3.63) is 0 Å². The molecule has 100 valence electrons. The fourth-order valence-electron chi connectivity index (χ4n) is 0.109. The molecule has 0 aliphatic heterocycles. The summed E-state index contributed by atoms with van der Waals surface area (Å²) in [6.45, 7) is 0. The van der Waals surface area contributed by atoms with Crippen LogP contribution in [0.5, 0.6) is 0 Å². The Hall–Kier alpha value is 0.808. The quantitative estimate of drug-likeness (QED) is 0.407. The topological polar surface area (TPSA) is 199 Å². The van der Waals surface area contributed by atoms with Gasteiger partial charge in [0.1, 0.15) is 8.62 Å².